The molecule has 2 aliphatic rings. The number of carbonyl (C=O) groups is 2. The molecule has 0 saturated carbocycles. The lowest BCUT2D eigenvalue weighted by atomic mass is 9.93. The van der Waals surface area contributed by atoms with E-state index < -0.39 is 5.72 Å². The number of benzene rings is 3. The van der Waals surface area contributed by atoms with Gasteiger partial charge in [-0.1, -0.05) is 42.5 Å². The molecule has 5 rings (SSSR count). The van der Waals surface area contributed by atoms with E-state index in [2.05, 4.69) is 5.32 Å². The molecule has 0 fully saturated rings. The van der Waals surface area contributed by atoms with E-state index in [1.807, 2.05) is 24.3 Å². The molecule has 1 unspecified atom stereocenters. The first kappa shape index (κ1) is 19.1. The van der Waals surface area contributed by atoms with Crippen molar-refractivity contribution < 1.29 is 24.2 Å². The highest BCUT2D eigenvalue weighted by Gasteiger charge is 2.50. The molecule has 1 atom stereocenters. The van der Waals surface area contributed by atoms with Crippen molar-refractivity contribution >= 4 is 17.5 Å². The number of nitrogens with one attached hydrogen (secondary N) is 1. The Balaban J connectivity index is 1.65. The Hall–Kier alpha value is -3.84. The molecule has 0 radical (unpaired) electrons. The molecule has 0 spiro atoms. The minimum atomic E-state index is -1.73. The number of ether oxygens (including phenoxy) is 2. The molecule has 7 heteroatoms. The minimum Gasteiger partial charge on any atom is -0.496 e. The maximum atomic E-state index is 13.4. The monoisotopic (exact) mass is 416 g/mol. The summed E-state index contributed by atoms with van der Waals surface area (Å²) in [5.74, 6) is 0.577. The molecule has 3 aromatic carbocycles. The van der Waals surface area contributed by atoms with Crippen LogP contribution in [0.3, 0.4) is 0 Å². The van der Waals surface area contributed by atoms with Gasteiger partial charge >= 0.3 is 0 Å². The highest BCUT2D eigenvalue weighted by atomic mass is 16.5. The Bertz CT molecular complexity index is 1210. The van der Waals surface area contributed by atoms with Crippen molar-refractivity contribution in [1.29, 1.82) is 0 Å². The number of nitrogens with zero attached hydrogens (tertiary/aromatic N) is 1. The van der Waals surface area contributed by atoms with Crippen molar-refractivity contribution in [3.63, 3.8) is 0 Å². The number of anilines is 1. The van der Waals surface area contributed by atoms with Gasteiger partial charge in [0.2, 0.25) is 0 Å². The second-order valence-electron chi connectivity index (χ2n) is 7.47. The maximum absolute atomic E-state index is 13.4. The van der Waals surface area contributed by atoms with Crippen LogP contribution < -0.4 is 14.8 Å². The molecule has 2 N–H and O–H groups in total. The molecule has 0 aliphatic carbocycles. The second kappa shape index (κ2) is 7.14. The number of methoxy groups -OCH3 is 1. The Morgan fingerprint density at radius 2 is 1.87 bits per heavy atom. The van der Waals surface area contributed by atoms with E-state index in [9.17, 15) is 14.7 Å². The van der Waals surface area contributed by atoms with E-state index in [0.29, 0.717) is 33.9 Å². The zero-order valence-electron chi connectivity index (χ0n) is 16.8. The summed E-state index contributed by atoms with van der Waals surface area (Å²) < 4.78 is 10.9. The average Bonchev–Trinajstić information content (AvgIpc) is 3.02. The summed E-state index contributed by atoms with van der Waals surface area (Å²) in [4.78, 5) is 26.6. The fourth-order valence-electron chi connectivity index (χ4n) is 4.21. The fraction of sp³-hybridized carbons (Fsp3) is 0.167. The van der Waals surface area contributed by atoms with Crippen LogP contribution in [0.25, 0.3) is 0 Å². The summed E-state index contributed by atoms with van der Waals surface area (Å²) in [6, 6.07) is 19.4. The van der Waals surface area contributed by atoms with Crippen LogP contribution in [0.15, 0.2) is 66.7 Å². The van der Waals surface area contributed by atoms with Crippen molar-refractivity contribution in [2.75, 3.05) is 19.0 Å². The van der Waals surface area contributed by atoms with Gasteiger partial charge in [0, 0.05) is 22.3 Å². The summed E-state index contributed by atoms with van der Waals surface area (Å²) in [6.07, 6.45) is 0. The maximum Gasteiger partial charge on any atom is 0.262 e. The molecular weight excluding hydrogens is 396 g/mol. The topological polar surface area (TPSA) is 88.1 Å². The number of amides is 2. The SMILES string of the molecule is COc1ccccc1CN1C(=O)c2ccccc2C1(O)c1ccc2c(c1)NC(=O)CO2. The Morgan fingerprint density at radius 1 is 1.10 bits per heavy atom. The van der Waals surface area contributed by atoms with Crippen LogP contribution in [0.1, 0.15) is 27.0 Å². The van der Waals surface area contributed by atoms with Crippen molar-refractivity contribution in [3.8, 4) is 11.5 Å². The van der Waals surface area contributed by atoms with E-state index in [0.717, 1.165) is 5.56 Å². The van der Waals surface area contributed by atoms with E-state index in [1.54, 1.807) is 49.6 Å². The number of aliphatic hydroxyl groups is 1. The quantitative estimate of drug-likeness (QED) is 0.683. The molecule has 0 bridgehead atoms. The van der Waals surface area contributed by atoms with Gasteiger partial charge < -0.3 is 19.9 Å². The summed E-state index contributed by atoms with van der Waals surface area (Å²) in [5, 5.41) is 14.8. The lowest BCUT2D eigenvalue weighted by Crippen LogP contribution is -2.44. The van der Waals surface area contributed by atoms with E-state index >= 15 is 0 Å². The summed E-state index contributed by atoms with van der Waals surface area (Å²) in [5.41, 5.74) is 0.850. The minimum absolute atomic E-state index is 0.0577. The number of carbonyl (C=O) groups excluding carboxylic acids is 2. The lowest BCUT2D eigenvalue weighted by Gasteiger charge is -2.35. The number of rotatable bonds is 4. The lowest BCUT2D eigenvalue weighted by molar-refractivity contribution is -0.118. The van der Waals surface area contributed by atoms with Crippen LogP contribution in [0, 0.1) is 0 Å². The van der Waals surface area contributed by atoms with Gasteiger partial charge in [0.25, 0.3) is 11.8 Å². The predicted molar refractivity (Wildman–Crippen MR) is 113 cm³/mol. The van der Waals surface area contributed by atoms with E-state index in [4.69, 9.17) is 9.47 Å². The third-order valence-corrected chi connectivity index (χ3v) is 5.70. The molecule has 2 aliphatic heterocycles. The van der Waals surface area contributed by atoms with Gasteiger partial charge in [-0.05, 0) is 24.3 Å². The number of hydrogen-bond acceptors (Lipinski definition) is 5. The molecule has 2 amide bonds. The zero-order chi connectivity index (χ0) is 21.6. The molecule has 3 aromatic rings. The van der Waals surface area contributed by atoms with Crippen LogP contribution in [0.4, 0.5) is 5.69 Å². The van der Waals surface area contributed by atoms with Gasteiger partial charge in [0.05, 0.1) is 19.3 Å². The first-order valence-corrected chi connectivity index (χ1v) is 9.85. The number of hydrogen-bond donors (Lipinski definition) is 2. The Labute approximate surface area is 178 Å². The number of para-hydroxylation sites is 1. The number of fused-ring (bicyclic) bond motifs is 2. The molecular formula is C24H20N2O5. The van der Waals surface area contributed by atoms with Gasteiger partial charge in [0.15, 0.2) is 12.3 Å². The average molecular weight is 416 g/mol. The summed E-state index contributed by atoms with van der Waals surface area (Å²) in [6.45, 7) is 0.0752. The van der Waals surface area contributed by atoms with Gasteiger partial charge in [-0.3, -0.25) is 14.5 Å². The van der Waals surface area contributed by atoms with Crippen LogP contribution in [0.5, 0.6) is 11.5 Å². The Kier molecular flexibility index (Phi) is 4.41. The van der Waals surface area contributed by atoms with E-state index in [1.165, 1.54) is 4.90 Å². The van der Waals surface area contributed by atoms with E-state index in [-0.39, 0.29) is 25.0 Å². The largest absolute Gasteiger partial charge is 0.496 e. The highest BCUT2D eigenvalue weighted by Crippen LogP contribution is 2.45. The third kappa shape index (κ3) is 2.93. The van der Waals surface area contributed by atoms with Gasteiger partial charge in [-0.15, -0.1) is 0 Å². The van der Waals surface area contributed by atoms with Crippen molar-refractivity contribution in [1.82, 2.24) is 4.90 Å². The molecule has 7 nitrogen and oxygen atoms in total. The highest BCUT2D eigenvalue weighted by molar-refractivity contribution is 6.00. The molecule has 2 heterocycles. The summed E-state index contributed by atoms with van der Waals surface area (Å²) >= 11 is 0. The molecule has 0 saturated heterocycles. The van der Waals surface area contributed by atoms with Crippen LogP contribution in [-0.4, -0.2) is 35.5 Å². The van der Waals surface area contributed by atoms with Gasteiger partial charge in [-0.25, -0.2) is 0 Å². The van der Waals surface area contributed by atoms with Crippen LogP contribution in [-0.2, 0) is 17.1 Å². The zero-order valence-corrected chi connectivity index (χ0v) is 16.8. The second-order valence-corrected chi connectivity index (χ2v) is 7.47. The van der Waals surface area contributed by atoms with Crippen molar-refractivity contribution in [2.45, 2.75) is 12.3 Å². The van der Waals surface area contributed by atoms with Crippen molar-refractivity contribution in [2.24, 2.45) is 0 Å². The summed E-state index contributed by atoms with van der Waals surface area (Å²) in [7, 11) is 1.57. The molecule has 156 valence electrons. The normalized spacial score (nSPS) is 19.4. The standard InChI is InChI=1S/C24H20N2O5/c1-30-20-9-5-2-6-15(20)13-26-23(28)17-7-3-4-8-18(17)24(26,29)16-10-11-21-19(12-16)25-22(27)14-31-21/h2-12,29H,13-14H2,1H3,(H,25,27). The Morgan fingerprint density at radius 3 is 2.71 bits per heavy atom. The fourth-order valence-corrected chi connectivity index (χ4v) is 4.21. The molecule has 31 heavy (non-hydrogen) atoms. The molecule has 0 aromatic heterocycles. The van der Waals surface area contributed by atoms with Crippen molar-refractivity contribution in [3.05, 3.63) is 89.0 Å². The smallest absolute Gasteiger partial charge is 0.262 e. The van der Waals surface area contributed by atoms with Crippen LogP contribution >= 0.6 is 0 Å². The first-order valence-electron chi connectivity index (χ1n) is 9.85. The predicted octanol–water partition coefficient (Wildman–Crippen LogP) is 2.88. The van der Waals surface area contributed by atoms with Crippen LogP contribution in [0.2, 0.25) is 0 Å². The third-order valence-electron chi connectivity index (χ3n) is 5.70. The van der Waals surface area contributed by atoms with Gasteiger partial charge in [-0.2, -0.15) is 0 Å². The first-order chi connectivity index (χ1) is 15.0. The van der Waals surface area contributed by atoms with Gasteiger partial charge in [0.1, 0.15) is 11.5 Å².